The summed E-state index contributed by atoms with van der Waals surface area (Å²) in [5.74, 6) is 0.249. The SMILES string of the molecule is Cl.Nc1ccccc1CC(=O)N1CC2C(=O)CCC(c3ccccc3)(c3ccccc3)C2C1. The van der Waals surface area contributed by atoms with Gasteiger partial charge in [0.15, 0.2) is 0 Å². The van der Waals surface area contributed by atoms with E-state index in [0.717, 1.165) is 12.0 Å². The molecule has 4 nitrogen and oxygen atoms in total. The minimum atomic E-state index is -0.276. The van der Waals surface area contributed by atoms with Gasteiger partial charge in [-0.15, -0.1) is 12.4 Å². The van der Waals surface area contributed by atoms with E-state index in [-0.39, 0.29) is 47.8 Å². The first-order chi connectivity index (χ1) is 15.6. The van der Waals surface area contributed by atoms with Crippen LogP contribution in [0.15, 0.2) is 84.9 Å². The third kappa shape index (κ3) is 4.04. The molecule has 0 radical (unpaired) electrons. The van der Waals surface area contributed by atoms with Crippen LogP contribution in [0.2, 0.25) is 0 Å². The zero-order valence-corrected chi connectivity index (χ0v) is 19.3. The number of anilines is 1. The van der Waals surface area contributed by atoms with Gasteiger partial charge in [0.25, 0.3) is 0 Å². The molecule has 2 fully saturated rings. The van der Waals surface area contributed by atoms with Crippen molar-refractivity contribution in [2.45, 2.75) is 24.7 Å². The highest BCUT2D eigenvalue weighted by Crippen LogP contribution is 2.52. The van der Waals surface area contributed by atoms with E-state index in [1.54, 1.807) is 0 Å². The number of likely N-dealkylation sites (tertiary alicyclic amines) is 1. The van der Waals surface area contributed by atoms with Crippen molar-refractivity contribution < 1.29 is 9.59 Å². The van der Waals surface area contributed by atoms with Gasteiger partial charge in [0.05, 0.1) is 6.42 Å². The number of nitrogens with two attached hydrogens (primary N) is 1. The summed E-state index contributed by atoms with van der Waals surface area (Å²) >= 11 is 0. The maximum Gasteiger partial charge on any atom is 0.227 e. The summed E-state index contributed by atoms with van der Waals surface area (Å²) in [6.45, 7) is 1.09. The number of fused-ring (bicyclic) bond motifs is 1. The highest BCUT2D eigenvalue weighted by Gasteiger charge is 2.55. The van der Waals surface area contributed by atoms with Gasteiger partial charge in [0.2, 0.25) is 5.91 Å². The van der Waals surface area contributed by atoms with E-state index in [0.29, 0.717) is 25.2 Å². The highest BCUT2D eigenvalue weighted by atomic mass is 35.5. The zero-order chi connectivity index (χ0) is 22.1. The molecule has 2 unspecified atom stereocenters. The summed E-state index contributed by atoms with van der Waals surface area (Å²) < 4.78 is 0. The van der Waals surface area contributed by atoms with Gasteiger partial charge < -0.3 is 10.6 Å². The predicted octanol–water partition coefficient (Wildman–Crippen LogP) is 4.66. The number of halogens is 1. The van der Waals surface area contributed by atoms with Crippen LogP contribution in [0, 0.1) is 11.8 Å². The summed E-state index contributed by atoms with van der Waals surface area (Å²) in [6, 6.07) is 28.6. The van der Waals surface area contributed by atoms with E-state index >= 15 is 0 Å². The maximum absolute atomic E-state index is 13.3. The third-order valence-corrected chi connectivity index (χ3v) is 7.46. The number of amides is 1. The Balaban J connectivity index is 0.00000259. The average Bonchev–Trinajstić information content (AvgIpc) is 3.29. The zero-order valence-electron chi connectivity index (χ0n) is 18.5. The molecule has 1 heterocycles. The number of hydrogen-bond donors (Lipinski definition) is 1. The standard InChI is InChI=1S/C28H28N2O2.ClH/c29-25-14-8-7-9-20(25)17-27(32)30-18-23-24(19-30)28(16-15-26(23)31,21-10-3-1-4-11-21)22-12-5-2-6-13-22;/h1-14,23-24H,15-19,29H2;1H. The lowest BCUT2D eigenvalue weighted by Gasteiger charge is -2.45. The van der Waals surface area contributed by atoms with Crippen LogP contribution in [-0.2, 0) is 21.4 Å². The molecule has 3 aromatic rings. The Morgan fingerprint density at radius 1 is 0.879 bits per heavy atom. The van der Waals surface area contributed by atoms with Crippen LogP contribution in [-0.4, -0.2) is 29.7 Å². The molecule has 0 spiro atoms. The number of nitrogen functional groups attached to an aromatic ring is 1. The van der Waals surface area contributed by atoms with Gasteiger partial charge in [0.1, 0.15) is 5.78 Å². The fourth-order valence-electron chi connectivity index (χ4n) is 5.85. The molecular formula is C28H29ClN2O2. The van der Waals surface area contributed by atoms with E-state index in [4.69, 9.17) is 5.73 Å². The average molecular weight is 461 g/mol. The highest BCUT2D eigenvalue weighted by molar-refractivity contribution is 5.87. The monoisotopic (exact) mass is 460 g/mol. The van der Waals surface area contributed by atoms with Gasteiger partial charge in [-0.25, -0.2) is 0 Å². The quantitative estimate of drug-likeness (QED) is 0.576. The summed E-state index contributed by atoms with van der Waals surface area (Å²) in [5.41, 5.74) is 9.74. The van der Waals surface area contributed by atoms with Crippen molar-refractivity contribution in [3.8, 4) is 0 Å². The number of hydrogen-bond acceptors (Lipinski definition) is 3. The van der Waals surface area contributed by atoms with Crippen molar-refractivity contribution in [3.63, 3.8) is 0 Å². The van der Waals surface area contributed by atoms with E-state index in [2.05, 4.69) is 48.5 Å². The molecule has 1 aliphatic heterocycles. The van der Waals surface area contributed by atoms with Gasteiger partial charge in [-0.05, 0) is 29.2 Å². The molecule has 1 saturated heterocycles. The van der Waals surface area contributed by atoms with Crippen LogP contribution in [0.25, 0.3) is 0 Å². The Morgan fingerprint density at radius 3 is 2.06 bits per heavy atom. The van der Waals surface area contributed by atoms with Gasteiger partial charge >= 0.3 is 0 Å². The van der Waals surface area contributed by atoms with Crippen LogP contribution in [0.1, 0.15) is 29.5 Å². The molecule has 3 aromatic carbocycles. The molecule has 0 bridgehead atoms. The van der Waals surface area contributed by atoms with E-state index in [9.17, 15) is 9.59 Å². The van der Waals surface area contributed by atoms with Crippen molar-refractivity contribution in [1.82, 2.24) is 4.90 Å². The van der Waals surface area contributed by atoms with E-state index in [1.165, 1.54) is 11.1 Å². The number of carbonyl (C=O) groups is 2. The van der Waals surface area contributed by atoms with Gasteiger partial charge in [-0.1, -0.05) is 78.9 Å². The summed E-state index contributed by atoms with van der Waals surface area (Å²) in [6.07, 6.45) is 1.58. The number of ketones is 1. The fourth-order valence-corrected chi connectivity index (χ4v) is 5.85. The molecule has 0 aromatic heterocycles. The van der Waals surface area contributed by atoms with Gasteiger partial charge in [-0.2, -0.15) is 0 Å². The summed E-state index contributed by atoms with van der Waals surface area (Å²) in [5, 5.41) is 0. The van der Waals surface area contributed by atoms with Gasteiger partial charge in [-0.3, -0.25) is 9.59 Å². The van der Waals surface area contributed by atoms with Crippen LogP contribution in [0.5, 0.6) is 0 Å². The molecule has 2 aliphatic rings. The lowest BCUT2D eigenvalue weighted by Crippen LogP contribution is -2.47. The Hall–Kier alpha value is -3.11. The number of Topliss-reactive ketones (excluding diaryl/α,β-unsaturated/α-hetero) is 1. The first kappa shape index (κ1) is 23.1. The molecule has 1 amide bonds. The number of carbonyl (C=O) groups excluding carboxylic acids is 2. The van der Waals surface area contributed by atoms with Crippen molar-refractivity contribution in [3.05, 3.63) is 102 Å². The minimum absolute atomic E-state index is 0. The smallest absolute Gasteiger partial charge is 0.227 e. The second-order valence-electron chi connectivity index (χ2n) is 9.06. The number of nitrogens with zero attached hydrogens (tertiary/aromatic N) is 1. The second-order valence-corrected chi connectivity index (χ2v) is 9.06. The minimum Gasteiger partial charge on any atom is -0.398 e. The maximum atomic E-state index is 13.3. The lowest BCUT2D eigenvalue weighted by atomic mass is 9.56. The van der Waals surface area contributed by atoms with Crippen LogP contribution >= 0.6 is 12.4 Å². The normalized spacial score (nSPS) is 21.2. The second kappa shape index (κ2) is 9.40. The molecule has 170 valence electrons. The topological polar surface area (TPSA) is 63.4 Å². The molecule has 5 rings (SSSR count). The number of benzene rings is 3. The lowest BCUT2D eigenvalue weighted by molar-refractivity contribution is -0.129. The van der Waals surface area contributed by atoms with Crippen molar-refractivity contribution in [1.29, 1.82) is 0 Å². The Labute approximate surface area is 201 Å². The van der Waals surface area contributed by atoms with E-state index in [1.807, 2.05) is 41.3 Å². The molecule has 5 heteroatoms. The number of para-hydroxylation sites is 1. The predicted molar refractivity (Wildman–Crippen MR) is 133 cm³/mol. The van der Waals surface area contributed by atoms with Gasteiger partial charge in [0, 0.05) is 42.4 Å². The first-order valence-corrected chi connectivity index (χ1v) is 11.3. The first-order valence-electron chi connectivity index (χ1n) is 11.3. The van der Waals surface area contributed by atoms with Crippen molar-refractivity contribution in [2.24, 2.45) is 11.8 Å². The molecule has 1 saturated carbocycles. The van der Waals surface area contributed by atoms with Crippen molar-refractivity contribution in [2.75, 3.05) is 18.8 Å². The molecule has 1 aliphatic carbocycles. The Morgan fingerprint density at radius 2 is 1.45 bits per heavy atom. The molecular weight excluding hydrogens is 432 g/mol. The molecule has 33 heavy (non-hydrogen) atoms. The third-order valence-electron chi connectivity index (χ3n) is 7.46. The van der Waals surface area contributed by atoms with Crippen LogP contribution in [0.4, 0.5) is 5.69 Å². The summed E-state index contributed by atoms with van der Waals surface area (Å²) in [7, 11) is 0. The van der Waals surface area contributed by atoms with E-state index < -0.39 is 0 Å². The van der Waals surface area contributed by atoms with Crippen LogP contribution in [0.3, 0.4) is 0 Å². The van der Waals surface area contributed by atoms with Crippen molar-refractivity contribution >= 4 is 29.8 Å². The number of rotatable bonds is 4. The Bertz CT molecular complexity index is 1090. The molecule has 2 atom stereocenters. The largest absolute Gasteiger partial charge is 0.398 e. The van der Waals surface area contributed by atoms with Crippen LogP contribution < -0.4 is 5.73 Å². The summed E-state index contributed by atoms with van der Waals surface area (Å²) in [4.78, 5) is 28.2. The Kier molecular flexibility index (Phi) is 6.57. The fraction of sp³-hybridized carbons (Fsp3) is 0.286. The molecule has 2 N–H and O–H groups in total.